The molecule has 1 aromatic heterocycles. The van der Waals surface area contributed by atoms with E-state index < -0.39 is 0 Å². The molecule has 0 saturated carbocycles. The molecule has 0 fully saturated rings. The molecule has 0 spiro atoms. The molecule has 0 unspecified atom stereocenters. The van der Waals surface area contributed by atoms with E-state index in [4.69, 9.17) is 4.74 Å². The Bertz CT molecular complexity index is 614. The monoisotopic (exact) mass is 300 g/mol. The molecule has 0 bridgehead atoms. The highest BCUT2D eigenvalue weighted by molar-refractivity contribution is 5.91. The first kappa shape index (κ1) is 15.9. The molecule has 1 aromatic carbocycles. The number of ether oxygens (including phenoxy) is 1. The lowest BCUT2D eigenvalue weighted by molar-refractivity contribution is 0.0945. The molecule has 1 amide bonds. The Morgan fingerprint density at radius 1 is 1.23 bits per heavy atom. The molecular weight excluding hydrogens is 280 g/mol. The van der Waals surface area contributed by atoms with E-state index >= 15 is 0 Å². The maximum atomic E-state index is 12.0. The minimum atomic E-state index is -0.237. The van der Waals surface area contributed by atoms with Gasteiger partial charge in [0.1, 0.15) is 11.5 Å². The number of aromatic nitrogens is 2. The molecule has 0 saturated heterocycles. The van der Waals surface area contributed by atoms with Gasteiger partial charge in [0.05, 0.1) is 19.0 Å². The topological polar surface area (TPSA) is 76.1 Å². The van der Waals surface area contributed by atoms with Crippen molar-refractivity contribution in [2.24, 2.45) is 0 Å². The van der Waals surface area contributed by atoms with E-state index in [2.05, 4.69) is 20.6 Å². The molecule has 1 heterocycles. The Kier molecular flexibility index (Phi) is 5.85. The molecule has 0 aliphatic carbocycles. The van der Waals surface area contributed by atoms with E-state index in [1.165, 1.54) is 6.20 Å². The van der Waals surface area contributed by atoms with Gasteiger partial charge in [-0.2, -0.15) is 0 Å². The Balaban J connectivity index is 1.88. The van der Waals surface area contributed by atoms with E-state index in [0.29, 0.717) is 31.2 Å². The van der Waals surface area contributed by atoms with Crippen LogP contribution in [0.25, 0.3) is 0 Å². The number of aryl methyl sites for hydroxylation is 1. The highest BCUT2D eigenvalue weighted by atomic mass is 16.5. The summed E-state index contributed by atoms with van der Waals surface area (Å²) in [5.41, 5.74) is 2.53. The van der Waals surface area contributed by atoms with Crippen LogP contribution in [-0.2, 0) is 11.3 Å². The molecule has 2 N–H and O–H groups in total. The molecule has 0 atom stereocenters. The molecular formula is C16H20N4O2. The molecule has 0 aliphatic heterocycles. The largest absolute Gasteiger partial charge is 0.383 e. The first-order chi connectivity index (χ1) is 10.7. The fourth-order valence-corrected chi connectivity index (χ4v) is 1.89. The summed E-state index contributed by atoms with van der Waals surface area (Å²) in [6.45, 7) is 3.72. The van der Waals surface area contributed by atoms with Crippen molar-refractivity contribution in [3.63, 3.8) is 0 Å². The second kappa shape index (κ2) is 8.09. The highest BCUT2D eigenvalue weighted by Crippen LogP contribution is 2.07. The van der Waals surface area contributed by atoms with E-state index in [1.54, 1.807) is 13.3 Å². The average Bonchev–Trinajstić information content (AvgIpc) is 2.55. The average molecular weight is 300 g/mol. The summed E-state index contributed by atoms with van der Waals surface area (Å²) in [5.74, 6) is 0.381. The number of carbonyl (C=O) groups is 1. The summed E-state index contributed by atoms with van der Waals surface area (Å²) < 4.78 is 4.93. The first-order valence-corrected chi connectivity index (χ1v) is 7.08. The number of hydrogen-bond donors (Lipinski definition) is 2. The van der Waals surface area contributed by atoms with Crippen LogP contribution in [0.2, 0.25) is 0 Å². The molecule has 2 aromatic rings. The van der Waals surface area contributed by atoms with Crippen LogP contribution < -0.4 is 10.6 Å². The number of nitrogens with one attached hydrogen (secondary N) is 2. The van der Waals surface area contributed by atoms with Crippen LogP contribution in [-0.4, -0.2) is 36.1 Å². The Hall–Kier alpha value is -2.47. The number of rotatable bonds is 7. The van der Waals surface area contributed by atoms with Gasteiger partial charge in [-0.05, 0) is 18.1 Å². The number of anilines is 1. The predicted octanol–water partition coefficient (Wildman–Crippen LogP) is 1.77. The fraction of sp³-hybridized carbons (Fsp3) is 0.312. The number of amides is 1. The lowest BCUT2D eigenvalue weighted by Gasteiger charge is -2.08. The van der Waals surface area contributed by atoms with Gasteiger partial charge in [0, 0.05) is 20.2 Å². The van der Waals surface area contributed by atoms with Crippen LogP contribution in [0.3, 0.4) is 0 Å². The second-order valence-electron chi connectivity index (χ2n) is 4.82. The summed E-state index contributed by atoms with van der Waals surface area (Å²) in [4.78, 5) is 20.3. The predicted molar refractivity (Wildman–Crippen MR) is 84.7 cm³/mol. The number of methoxy groups -OCH3 is 1. The zero-order chi connectivity index (χ0) is 15.8. The lowest BCUT2D eigenvalue weighted by atomic mass is 10.1. The third kappa shape index (κ3) is 4.53. The van der Waals surface area contributed by atoms with Gasteiger partial charge in [0.15, 0.2) is 0 Å². The number of carbonyl (C=O) groups excluding carboxylic acids is 1. The van der Waals surface area contributed by atoms with Crippen LogP contribution in [0.1, 0.15) is 21.6 Å². The fourth-order valence-electron chi connectivity index (χ4n) is 1.89. The van der Waals surface area contributed by atoms with Crippen LogP contribution in [0.5, 0.6) is 0 Å². The zero-order valence-corrected chi connectivity index (χ0v) is 12.8. The third-order valence-electron chi connectivity index (χ3n) is 3.20. The first-order valence-electron chi connectivity index (χ1n) is 7.08. The van der Waals surface area contributed by atoms with Crippen molar-refractivity contribution in [2.75, 3.05) is 25.6 Å². The van der Waals surface area contributed by atoms with Crippen LogP contribution in [0, 0.1) is 6.92 Å². The normalized spacial score (nSPS) is 10.3. The summed E-state index contributed by atoms with van der Waals surface area (Å²) in [6.07, 6.45) is 3.00. The van der Waals surface area contributed by atoms with Crippen LogP contribution in [0.15, 0.2) is 36.7 Å². The van der Waals surface area contributed by atoms with Gasteiger partial charge < -0.3 is 15.4 Å². The van der Waals surface area contributed by atoms with Gasteiger partial charge >= 0.3 is 0 Å². The van der Waals surface area contributed by atoms with Crippen molar-refractivity contribution in [1.29, 1.82) is 0 Å². The van der Waals surface area contributed by atoms with Crippen LogP contribution >= 0.6 is 0 Å². The number of nitrogens with zero attached hydrogens (tertiary/aromatic N) is 2. The van der Waals surface area contributed by atoms with E-state index in [-0.39, 0.29) is 5.91 Å². The van der Waals surface area contributed by atoms with Crippen molar-refractivity contribution in [3.8, 4) is 0 Å². The minimum Gasteiger partial charge on any atom is -0.383 e. The highest BCUT2D eigenvalue weighted by Gasteiger charge is 2.08. The van der Waals surface area contributed by atoms with Crippen molar-refractivity contribution < 1.29 is 9.53 Å². The van der Waals surface area contributed by atoms with Gasteiger partial charge in [-0.25, -0.2) is 9.97 Å². The summed E-state index contributed by atoms with van der Waals surface area (Å²) in [6, 6.07) is 7.93. The minimum absolute atomic E-state index is 0.237. The SMILES string of the molecule is COCCNc1cnc(C(=O)NCc2ccccc2C)cn1. The van der Waals surface area contributed by atoms with E-state index in [1.807, 2.05) is 31.2 Å². The van der Waals surface area contributed by atoms with Crippen LogP contribution in [0.4, 0.5) is 5.82 Å². The van der Waals surface area contributed by atoms with Gasteiger partial charge in [-0.1, -0.05) is 24.3 Å². The van der Waals surface area contributed by atoms with E-state index in [0.717, 1.165) is 11.1 Å². The molecule has 0 radical (unpaired) electrons. The molecule has 116 valence electrons. The van der Waals surface area contributed by atoms with Gasteiger partial charge in [0.25, 0.3) is 5.91 Å². The van der Waals surface area contributed by atoms with E-state index in [9.17, 15) is 4.79 Å². The standard InChI is InChI=1S/C16H20N4O2/c1-12-5-3-4-6-13(12)9-20-16(21)14-10-19-15(11-18-14)17-7-8-22-2/h3-6,10-11H,7-9H2,1-2H3,(H,17,19)(H,20,21). The Morgan fingerprint density at radius 3 is 2.73 bits per heavy atom. The Labute approximate surface area is 129 Å². The third-order valence-corrected chi connectivity index (χ3v) is 3.20. The quantitative estimate of drug-likeness (QED) is 0.762. The van der Waals surface area contributed by atoms with Crippen molar-refractivity contribution in [1.82, 2.24) is 15.3 Å². The molecule has 22 heavy (non-hydrogen) atoms. The Morgan fingerprint density at radius 2 is 2.05 bits per heavy atom. The number of benzene rings is 1. The van der Waals surface area contributed by atoms with Gasteiger partial charge in [-0.15, -0.1) is 0 Å². The molecule has 6 nitrogen and oxygen atoms in total. The van der Waals surface area contributed by atoms with Crippen molar-refractivity contribution in [2.45, 2.75) is 13.5 Å². The molecule has 2 rings (SSSR count). The maximum Gasteiger partial charge on any atom is 0.271 e. The number of hydrogen-bond acceptors (Lipinski definition) is 5. The van der Waals surface area contributed by atoms with Gasteiger partial charge in [-0.3, -0.25) is 4.79 Å². The smallest absolute Gasteiger partial charge is 0.271 e. The maximum absolute atomic E-state index is 12.0. The second-order valence-corrected chi connectivity index (χ2v) is 4.82. The summed E-state index contributed by atoms with van der Waals surface area (Å²) in [7, 11) is 1.63. The lowest BCUT2D eigenvalue weighted by Crippen LogP contribution is -2.24. The summed E-state index contributed by atoms with van der Waals surface area (Å²) in [5, 5.41) is 5.89. The molecule has 0 aliphatic rings. The summed E-state index contributed by atoms with van der Waals surface area (Å²) >= 11 is 0. The zero-order valence-electron chi connectivity index (χ0n) is 12.8. The van der Waals surface area contributed by atoms with Crippen molar-refractivity contribution in [3.05, 3.63) is 53.5 Å². The molecule has 6 heteroatoms. The van der Waals surface area contributed by atoms with Crippen molar-refractivity contribution >= 4 is 11.7 Å². The van der Waals surface area contributed by atoms with Gasteiger partial charge in [0.2, 0.25) is 0 Å².